The third kappa shape index (κ3) is 3.66. The van der Waals surface area contributed by atoms with E-state index in [-0.39, 0.29) is 18.3 Å². The lowest BCUT2D eigenvalue weighted by atomic mass is 10.1. The molecule has 0 unspecified atom stereocenters. The molecule has 1 atom stereocenters. The molecule has 2 rings (SSSR count). The van der Waals surface area contributed by atoms with Crippen molar-refractivity contribution in [2.45, 2.75) is 6.04 Å². The van der Waals surface area contributed by atoms with Gasteiger partial charge in [0.1, 0.15) is 11.8 Å². The van der Waals surface area contributed by atoms with Crippen molar-refractivity contribution >= 4 is 34.8 Å². The SMILES string of the molecule is COc1ccccc1[C@@H](N)C(=O)Nc1nccs1.Cl. The first-order valence-electron chi connectivity index (χ1n) is 5.31. The molecule has 19 heavy (non-hydrogen) atoms. The number of benzene rings is 1. The number of hydrogen-bond donors (Lipinski definition) is 2. The van der Waals surface area contributed by atoms with Crippen LogP contribution in [0, 0.1) is 0 Å². The minimum absolute atomic E-state index is 0. The summed E-state index contributed by atoms with van der Waals surface area (Å²) in [7, 11) is 1.55. The molecular formula is C12H14ClN3O2S. The quantitative estimate of drug-likeness (QED) is 0.907. The summed E-state index contributed by atoms with van der Waals surface area (Å²) < 4.78 is 5.18. The van der Waals surface area contributed by atoms with Gasteiger partial charge in [-0.05, 0) is 6.07 Å². The van der Waals surface area contributed by atoms with E-state index in [2.05, 4.69) is 10.3 Å². The van der Waals surface area contributed by atoms with Gasteiger partial charge in [0, 0.05) is 17.1 Å². The molecule has 1 amide bonds. The van der Waals surface area contributed by atoms with Crippen molar-refractivity contribution in [2.24, 2.45) is 5.73 Å². The van der Waals surface area contributed by atoms with Gasteiger partial charge in [-0.1, -0.05) is 18.2 Å². The molecule has 0 aliphatic rings. The molecule has 0 fully saturated rings. The van der Waals surface area contributed by atoms with Crippen LogP contribution in [0.4, 0.5) is 5.13 Å². The number of amides is 1. The van der Waals surface area contributed by atoms with Crippen molar-refractivity contribution < 1.29 is 9.53 Å². The Labute approximate surface area is 121 Å². The van der Waals surface area contributed by atoms with E-state index in [1.807, 2.05) is 12.1 Å². The lowest BCUT2D eigenvalue weighted by Gasteiger charge is -2.14. The molecule has 0 bridgehead atoms. The molecule has 2 aromatic rings. The van der Waals surface area contributed by atoms with E-state index in [1.165, 1.54) is 11.3 Å². The van der Waals surface area contributed by atoms with E-state index in [9.17, 15) is 4.79 Å². The maximum absolute atomic E-state index is 12.0. The standard InChI is InChI=1S/C12H13N3O2S.ClH/c1-17-9-5-3-2-4-8(9)10(13)11(16)15-12-14-6-7-18-12;/h2-7,10H,13H2,1H3,(H,14,15,16);1H/t10-;/m1./s1. The van der Waals surface area contributed by atoms with Crippen LogP contribution in [0.2, 0.25) is 0 Å². The Morgan fingerprint density at radius 1 is 1.47 bits per heavy atom. The van der Waals surface area contributed by atoms with Crippen LogP contribution in [-0.4, -0.2) is 18.0 Å². The summed E-state index contributed by atoms with van der Waals surface area (Å²) >= 11 is 1.34. The molecule has 0 spiro atoms. The predicted molar refractivity (Wildman–Crippen MR) is 77.9 cm³/mol. The molecule has 0 aliphatic carbocycles. The van der Waals surface area contributed by atoms with E-state index in [1.54, 1.807) is 30.8 Å². The molecule has 0 saturated carbocycles. The van der Waals surface area contributed by atoms with Crippen LogP contribution in [0.15, 0.2) is 35.8 Å². The van der Waals surface area contributed by atoms with Crippen molar-refractivity contribution in [1.29, 1.82) is 0 Å². The van der Waals surface area contributed by atoms with E-state index < -0.39 is 6.04 Å². The zero-order valence-corrected chi connectivity index (χ0v) is 11.8. The Bertz CT molecular complexity index is 534. The highest BCUT2D eigenvalue weighted by molar-refractivity contribution is 7.13. The number of carbonyl (C=O) groups excluding carboxylic acids is 1. The second-order valence-electron chi connectivity index (χ2n) is 3.55. The molecule has 7 heteroatoms. The van der Waals surface area contributed by atoms with Gasteiger partial charge in [0.05, 0.1) is 7.11 Å². The Morgan fingerprint density at radius 2 is 2.21 bits per heavy atom. The van der Waals surface area contributed by atoms with Gasteiger partial charge >= 0.3 is 0 Å². The van der Waals surface area contributed by atoms with Crippen molar-refractivity contribution in [2.75, 3.05) is 12.4 Å². The van der Waals surface area contributed by atoms with E-state index in [4.69, 9.17) is 10.5 Å². The lowest BCUT2D eigenvalue weighted by molar-refractivity contribution is -0.117. The van der Waals surface area contributed by atoms with Crippen LogP contribution in [-0.2, 0) is 4.79 Å². The summed E-state index contributed by atoms with van der Waals surface area (Å²) in [4.78, 5) is 15.9. The van der Waals surface area contributed by atoms with E-state index in [0.717, 1.165) is 0 Å². The van der Waals surface area contributed by atoms with Crippen molar-refractivity contribution in [1.82, 2.24) is 4.98 Å². The second-order valence-corrected chi connectivity index (χ2v) is 4.44. The van der Waals surface area contributed by atoms with Crippen LogP contribution in [0.1, 0.15) is 11.6 Å². The molecule has 0 saturated heterocycles. The number of nitrogens with one attached hydrogen (secondary N) is 1. The summed E-state index contributed by atoms with van der Waals surface area (Å²) in [6.45, 7) is 0. The molecular weight excluding hydrogens is 286 g/mol. The summed E-state index contributed by atoms with van der Waals surface area (Å²) in [6, 6.07) is 6.39. The average Bonchev–Trinajstić information content (AvgIpc) is 2.90. The lowest BCUT2D eigenvalue weighted by Crippen LogP contribution is -2.28. The number of nitrogens with two attached hydrogens (primary N) is 1. The number of methoxy groups -OCH3 is 1. The fourth-order valence-electron chi connectivity index (χ4n) is 1.53. The first-order valence-corrected chi connectivity index (χ1v) is 6.19. The maximum atomic E-state index is 12.0. The number of ether oxygens (including phenoxy) is 1. The third-order valence-corrected chi connectivity index (χ3v) is 3.11. The molecule has 1 aromatic carbocycles. The minimum Gasteiger partial charge on any atom is -0.496 e. The largest absolute Gasteiger partial charge is 0.496 e. The van der Waals surface area contributed by atoms with Crippen LogP contribution < -0.4 is 15.8 Å². The number of halogens is 1. The summed E-state index contributed by atoms with van der Waals surface area (Å²) in [6.07, 6.45) is 1.62. The number of aromatic nitrogens is 1. The molecule has 5 nitrogen and oxygen atoms in total. The van der Waals surface area contributed by atoms with Gasteiger partial charge in [-0.25, -0.2) is 4.98 Å². The average molecular weight is 300 g/mol. The highest BCUT2D eigenvalue weighted by atomic mass is 35.5. The summed E-state index contributed by atoms with van der Waals surface area (Å²) in [5.41, 5.74) is 6.56. The van der Waals surface area contributed by atoms with Crippen LogP contribution in [0.3, 0.4) is 0 Å². The van der Waals surface area contributed by atoms with Gasteiger partial charge in [-0.2, -0.15) is 0 Å². The Kier molecular flexibility index (Phi) is 5.75. The normalized spacial score (nSPS) is 11.3. The molecule has 1 heterocycles. The molecule has 0 aliphatic heterocycles. The van der Waals surface area contributed by atoms with Gasteiger partial charge in [-0.15, -0.1) is 23.7 Å². The topological polar surface area (TPSA) is 77.2 Å². The number of para-hydroxylation sites is 1. The zero-order valence-electron chi connectivity index (χ0n) is 10.2. The van der Waals surface area contributed by atoms with Gasteiger partial charge in [0.15, 0.2) is 5.13 Å². The molecule has 0 radical (unpaired) electrons. The van der Waals surface area contributed by atoms with Gasteiger partial charge in [0.2, 0.25) is 5.91 Å². The van der Waals surface area contributed by atoms with E-state index in [0.29, 0.717) is 16.4 Å². The fraction of sp³-hybridized carbons (Fsp3) is 0.167. The second kappa shape index (κ2) is 7.08. The fourth-order valence-corrected chi connectivity index (χ4v) is 2.06. The minimum atomic E-state index is -0.787. The van der Waals surface area contributed by atoms with Gasteiger partial charge < -0.3 is 15.8 Å². The first kappa shape index (κ1) is 15.4. The Morgan fingerprint density at radius 3 is 2.84 bits per heavy atom. The maximum Gasteiger partial charge on any atom is 0.247 e. The monoisotopic (exact) mass is 299 g/mol. The van der Waals surface area contributed by atoms with Crippen molar-refractivity contribution in [3.63, 3.8) is 0 Å². The predicted octanol–water partition coefficient (Wildman–Crippen LogP) is 2.21. The highest BCUT2D eigenvalue weighted by Gasteiger charge is 2.19. The molecule has 1 aromatic heterocycles. The third-order valence-electron chi connectivity index (χ3n) is 2.42. The van der Waals surface area contributed by atoms with Gasteiger partial charge in [0.25, 0.3) is 0 Å². The highest BCUT2D eigenvalue weighted by Crippen LogP contribution is 2.24. The number of rotatable bonds is 4. The number of carbonyl (C=O) groups is 1. The summed E-state index contributed by atoms with van der Waals surface area (Å²) in [5.74, 6) is 0.286. The smallest absolute Gasteiger partial charge is 0.247 e. The van der Waals surface area contributed by atoms with Crippen molar-refractivity contribution in [3.8, 4) is 5.75 Å². The summed E-state index contributed by atoms with van der Waals surface area (Å²) in [5, 5.41) is 4.97. The number of nitrogens with zero attached hydrogens (tertiary/aromatic N) is 1. The van der Waals surface area contributed by atoms with Crippen LogP contribution in [0.25, 0.3) is 0 Å². The Balaban J connectivity index is 0.00000180. The van der Waals surface area contributed by atoms with Crippen LogP contribution >= 0.6 is 23.7 Å². The first-order chi connectivity index (χ1) is 8.72. The number of hydrogen-bond acceptors (Lipinski definition) is 5. The van der Waals surface area contributed by atoms with Gasteiger partial charge in [-0.3, -0.25) is 4.79 Å². The molecule has 3 N–H and O–H groups in total. The van der Waals surface area contributed by atoms with Crippen molar-refractivity contribution in [3.05, 3.63) is 41.4 Å². The number of thiazole rings is 1. The zero-order chi connectivity index (χ0) is 13.0. The Hall–Kier alpha value is -1.63. The van der Waals surface area contributed by atoms with E-state index >= 15 is 0 Å². The molecule has 102 valence electrons. The number of anilines is 1. The van der Waals surface area contributed by atoms with Crippen LogP contribution in [0.5, 0.6) is 5.75 Å².